The molecule has 3 saturated heterocycles. The van der Waals surface area contributed by atoms with Gasteiger partial charge in [-0.1, -0.05) is 18.3 Å². The van der Waals surface area contributed by atoms with Crippen molar-refractivity contribution in [3.05, 3.63) is 10.2 Å². The first-order chi connectivity index (χ1) is 16.7. The van der Waals surface area contributed by atoms with Crippen molar-refractivity contribution in [2.24, 2.45) is 5.92 Å². The largest absolute Gasteiger partial charge is 0.468 e. The van der Waals surface area contributed by atoms with Gasteiger partial charge in [-0.3, -0.25) is 9.59 Å². The van der Waals surface area contributed by atoms with Gasteiger partial charge in [0.15, 0.2) is 5.12 Å². The highest BCUT2D eigenvalue weighted by atomic mass is 127. The zero-order chi connectivity index (χ0) is 25.2. The van der Waals surface area contributed by atoms with Gasteiger partial charge in [0.2, 0.25) is 0 Å². The third-order valence-electron chi connectivity index (χ3n) is 7.84. The summed E-state index contributed by atoms with van der Waals surface area (Å²) in [6, 6.07) is 0. The summed E-state index contributed by atoms with van der Waals surface area (Å²) >= 11 is 9.85. The number of ether oxygens (including phenoxy) is 5. The highest BCUT2D eigenvalue weighted by molar-refractivity contribution is 14.1. The Labute approximate surface area is 230 Å². The second-order valence-corrected chi connectivity index (χ2v) is 13.4. The molecule has 0 amide bonds. The molecule has 2 unspecified atom stereocenters. The molecule has 3 aliphatic heterocycles. The molecule has 0 N–H and O–H groups in total. The molecule has 10 heteroatoms. The van der Waals surface area contributed by atoms with E-state index in [0.29, 0.717) is 5.92 Å². The Morgan fingerprint density at radius 1 is 1.20 bits per heavy atom. The lowest BCUT2D eigenvalue weighted by Gasteiger charge is -2.48. The van der Waals surface area contributed by atoms with Gasteiger partial charge in [-0.15, -0.1) is 11.6 Å². The molecule has 35 heavy (non-hydrogen) atoms. The van der Waals surface area contributed by atoms with E-state index in [9.17, 15) is 9.59 Å². The van der Waals surface area contributed by atoms with Gasteiger partial charge < -0.3 is 23.7 Å². The fourth-order valence-corrected chi connectivity index (χ4v) is 8.01. The van der Waals surface area contributed by atoms with Crippen LogP contribution in [-0.4, -0.2) is 78.7 Å². The monoisotopic (exact) mass is 642 g/mol. The van der Waals surface area contributed by atoms with E-state index in [2.05, 4.69) is 33.9 Å². The van der Waals surface area contributed by atoms with E-state index in [0.717, 1.165) is 66.7 Å². The molecule has 4 rings (SSSR count). The Morgan fingerprint density at radius 3 is 2.71 bits per heavy atom. The van der Waals surface area contributed by atoms with Gasteiger partial charge >= 0.3 is 5.97 Å². The van der Waals surface area contributed by atoms with Crippen LogP contribution in [0.4, 0.5) is 0 Å². The normalized spacial score (nSPS) is 38.8. The number of halogens is 2. The van der Waals surface area contributed by atoms with Gasteiger partial charge in [-0.2, -0.15) is 0 Å². The molecule has 0 radical (unpaired) electrons. The number of esters is 1. The second kappa shape index (κ2) is 12.3. The summed E-state index contributed by atoms with van der Waals surface area (Å²) in [7, 11) is 3.11. The lowest BCUT2D eigenvalue weighted by Crippen LogP contribution is -2.57. The maximum atomic E-state index is 12.4. The quantitative estimate of drug-likeness (QED) is 0.191. The number of hydrogen-bond donors (Lipinski definition) is 0. The van der Waals surface area contributed by atoms with Gasteiger partial charge in [0.1, 0.15) is 6.10 Å². The predicted octanol–water partition coefficient (Wildman–Crippen LogP) is 4.80. The lowest BCUT2D eigenvalue weighted by molar-refractivity contribution is -0.260. The van der Waals surface area contributed by atoms with Crippen LogP contribution >= 0.6 is 46.0 Å². The van der Waals surface area contributed by atoms with E-state index in [1.807, 2.05) is 0 Å². The topological polar surface area (TPSA) is 80.3 Å². The summed E-state index contributed by atoms with van der Waals surface area (Å²) in [6.07, 6.45) is 6.61. The van der Waals surface area contributed by atoms with Crippen LogP contribution in [0.2, 0.25) is 0 Å². The summed E-state index contributed by atoms with van der Waals surface area (Å²) in [5, 5.41) is -0.0217. The van der Waals surface area contributed by atoms with Crippen molar-refractivity contribution in [3.8, 4) is 0 Å². The van der Waals surface area contributed by atoms with Crippen molar-refractivity contribution < 1.29 is 33.3 Å². The van der Waals surface area contributed by atoms with E-state index >= 15 is 0 Å². The van der Waals surface area contributed by atoms with Gasteiger partial charge in [0, 0.05) is 37.7 Å². The Hall–Kier alpha value is 0.0900. The molecule has 4 fully saturated rings. The molecule has 0 aromatic rings. The first-order valence-electron chi connectivity index (χ1n) is 12.4. The van der Waals surface area contributed by atoms with Gasteiger partial charge in [0.05, 0.1) is 49.0 Å². The van der Waals surface area contributed by atoms with Crippen LogP contribution in [0.25, 0.3) is 0 Å². The summed E-state index contributed by atoms with van der Waals surface area (Å²) < 4.78 is 31.6. The third-order valence-corrected chi connectivity index (χ3v) is 9.52. The Kier molecular flexibility index (Phi) is 9.88. The molecule has 4 bridgehead atoms. The average Bonchev–Trinajstić information content (AvgIpc) is 3.13. The number of fused-ring (bicyclic) bond motifs is 7. The maximum absolute atomic E-state index is 12.4. The fourth-order valence-electron chi connectivity index (χ4n) is 6.23. The molecule has 9 atom stereocenters. The zero-order valence-electron chi connectivity index (χ0n) is 20.4. The van der Waals surface area contributed by atoms with E-state index in [-0.39, 0.29) is 64.9 Å². The third kappa shape index (κ3) is 6.95. The Balaban J connectivity index is 1.41. The molecule has 198 valence electrons. The summed E-state index contributed by atoms with van der Waals surface area (Å²) in [5.41, 5.74) is -0.300. The standard InChI is InChI=1S/C25H36ClIO7S/c1-14(27)8-15(26)6-7-25-11-17(21(12-25)30-2)19-10-20(34-25)24-18(33-19)5-4-16(32-24)9-23(29)35-13-22(28)31-3/h15-21,24H,1,4-13H2,2-3H3/t15-,16-,17-,18+,19?,20-,21?,24+,25-/m1/s1. The van der Waals surface area contributed by atoms with Gasteiger partial charge in [-0.05, 0) is 64.7 Å². The van der Waals surface area contributed by atoms with E-state index < -0.39 is 5.97 Å². The van der Waals surface area contributed by atoms with Crippen molar-refractivity contribution in [1.29, 1.82) is 0 Å². The van der Waals surface area contributed by atoms with Crippen LogP contribution in [0.1, 0.15) is 57.8 Å². The number of carbonyl (C=O) groups excluding carboxylic acids is 2. The molecular formula is C25H36ClIO7S. The van der Waals surface area contributed by atoms with Crippen LogP contribution in [0, 0.1) is 5.92 Å². The number of rotatable bonds is 10. The first kappa shape index (κ1) is 28.1. The number of carbonyl (C=O) groups is 2. The molecule has 3 heterocycles. The van der Waals surface area contributed by atoms with Crippen molar-refractivity contribution in [3.63, 3.8) is 0 Å². The smallest absolute Gasteiger partial charge is 0.316 e. The summed E-state index contributed by atoms with van der Waals surface area (Å²) in [5.74, 6) is -0.0710. The molecular weight excluding hydrogens is 607 g/mol. The minimum absolute atomic E-state index is 0.0294. The van der Waals surface area contributed by atoms with E-state index in [4.69, 9.17) is 30.5 Å². The summed E-state index contributed by atoms with van der Waals surface area (Å²) in [4.78, 5) is 23.7. The van der Waals surface area contributed by atoms with Crippen molar-refractivity contribution in [2.75, 3.05) is 20.0 Å². The second-order valence-electron chi connectivity index (χ2n) is 10.2. The van der Waals surface area contributed by atoms with Crippen LogP contribution in [-0.2, 0) is 33.3 Å². The Bertz CT molecular complexity index is 800. The lowest BCUT2D eigenvalue weighted by atomic mass is 9.85. The molecule has 1 saturated carbocycles. The van der Waals surface area contributed by atoms with Gasteiger partial charge in [-0.25, -0.2) is 0 Å². The number of allylic oxidation sites excluding steroid dienone is 1. The molecule has 4 aliphatic rings. The molecule has 0 aromatic heterocycles. The zero-order valence-corrected chi connectivity index (χ0v) is 24.1. The Morgan fingerprint density at radius 2 is 2.00 bits per heavy atom. The number of hydrogen-bond acceptors (Lipinski definition) is 8. The highest BCUT2D eigenvalue weighted by Gasteiger charge is 2.58. The predicted molar refractivity (Wildman–Crippen MR) is 143 cm³/mol. The van der Waals surface area contributed by atoms with Crippen LogP contribution in [0.15, 0.2) is 10.2 Å². The molecule has 0 aromatic carbocycles. The van der Waals surface area contributed by atoms with Crippen molar-refractivity contribution in [2.45, 2.75) is 105 Å². The van der Waals surface area contributed by atoms with E-state index in [1.165, 1.54) is 7.11 Å². The molecule has 7 nitrogen and oxygen atoms in total. The maximum Gasteiger partial charge on any atom is 0.316 e. The van der Waals surface area contributed by atoms with E-state index in [1.54, 1.807) is 7.11 Å². The average molecular weight is 643 g/mol. The number of methoxy groups -OCH3 is 2. The van der Waals surface area contributed by atoms with Crippen LogP contribution < -0.4 is 0 Å². The van der Waals surface area contributed by atoms with Gasteiger partial charge in [0.25, 0.3) is 0 Å². The highest BCUT2D eigenvalue weighted by Crippen LogP contribution is 2.52. The minimum Gasteiger partial charge on any atom is -0.468 e. The fraction of sp³-hybridized carbons (Fsp3) is 0.840. The van der Waals surface area contributed by atoms with Crippen molar-refractivity contribution >= 4 is 57.0 Å². The van der Waals surface area contributed by atoms with Crippen molar-refractivity contribution in [1.82, 2.24) is 0 Å². The summed E-state index contributed by atoms with van der Waals surface area (Å²) in [6.45, 7) is 3.99. The van der Waals surface area contributed by atoms with Crippen LogP contribution in [0.3, 0.4) is 0 Å². The SMILES string of the molecule is C=C(I)C[C@H](Cl)CC[C@]12CC(OC)[C@H](C1)C1C[C@@H](O2)[C@H]2O[C@@H](CC(=O)SCC(=O)OC)CC[C@@H]2O1. The number of alkyl halides is 1. The first-order valence-corrected chi connectivity index (χ1v) is 14.9. The molecule has 0 spiro atoms. The van der Waals surface area contributed by atoms with Crippen LogP contribution in [0.5, 0.6) is 0 Å². The number of thioether (sulfide) groups is 1. The minimum atomic E-state index is -0.400. The molecule has 1 aliphatic carbocycles.